The molecule has 0 radical (unpaired) electrons. The summed E-state index contributed by atoms with van der Waals surface area (Å²) in [6, 6.07) is 8.14. The van der Waals surface area contributed by atoms with Gasteiger partial charge in [0.2, 0.25) is 5.91 Å². The summed E-state index contributed by atoms with van der Waals surface area (Å²) in [6.07, 6.45) is 4.13. The van der Waals surface area contributed by atoms with E-state index in [9.17, 15) is 14.4 Å². The standard InChI is InChI=1S/C24H32N2O6/c1-3-13-31-19-14-21(23(28)30-2)26(15-19)22(27)20(12-11-17-7-5-4-6-8-17)25-24(29)32-16-18-9-10-18/h3-8,18-21H,1,9-16H2,2H3,(H,25,29)/t19-,20-,21+/m1/s1. The Bertz CT molecular complexity index is 795. The Morgan fingerprint density at radius 3 is 2.66 bits per heavy atom. The van der Waals surface area contributed by atoms with E-state index < -0.39 is 24.1 Å². The highest BCUT2D eigenvalue weighted by molar-refractivity contribution is 5.90. The maximum Gasteiger partial charge on any atom is 0.407 e. The molecule has 32 heavy (non-hydrogen) atoms. The molecule has 0 unspecified atom stereocenters. The Morgan fingerprint density at radius 1 is 1.25 bits per heavy atom. The SMILES string of the molecule is C=CCO[C@@H]1C[C@@H](C(=O)OC)N(C(=O)[C@@H](CCc2ccccc2)NC(=O)OCC2CC2)C1. The molecule has 3 rings (SSSR count). The molecule has 1 saturated carbocycles. The van der Waals surface area contributed by atoms with Gasteiger partial charge in [-0.15, -0.1) is 6.58 Å². The molecule has 174 valence electrons. The number of esters is 1. The summed E-state index contributed by atoms with van der Waals surface area (Å²) in [4.78, 5) is 39.6. The topological polar surface area (TPSA) is 94.2 Å². The highest BCUT2D eigenvalue weighted by atomic mass is 16.5. The van der Waals surface area contributed by atoms with E-state index in [1.165, 1.54) is 12.0 Å². The van der Waals surface area contributed by atoms with Crippen LogP contribution in [0.1, 0.15) is 31.2 Å². The number of hydrogen-bond acceptors (Lipinski definition) is 6. The van der Waals surface area contributed by atoms with E-state index in [0.717, 1.165) is 18.4 Å². The average molecular weight is 445 g/mol. The lowest BCUT2D eigenvalue weighted by molar-refractivity contribution is -0.151. The zero-order valence-electron chi connectivity index (χ0n) is 18.5. The number of hydrogen-bond donors (Lipinski definition) is 1. The smallest absolute Gasteiger partial charge is 0.407 e. The number of amides is 2. The predicted octanol–water partition coefficient (Wildman–Crippen LogP) is 2.47. The number of carbonyl (C=O) groups is 3. The van der Waals surface area contributed by atoms with Crippen LogP contribution in [0.25, 0.3) is 0 Å². The number of aryl methyl sites for hydroxylation is 1. The molecule has 1 aromatic carbocycles. The molecule has 8 nitrogen and oxygen atoms in total. The van der Waals surface area contributed by atoms with E-state index >= 15 is 0 Å². The molecule has 3 atom stereocenters. The van der Waals surface area contributed by atoms with Gasteiger partial charge in [-0.1, -0.05) is 36.4 Å². The summed E-state index contributed by atoms with van der Waals surface area (Å²) in [7, 11) is 1.29. The van der Waals surface area contributed by atoms with E-state index in [-0.39, 0.29) is 18.6 Å². The van der Waals surface area contributed by atoms with Gasteiger partial charge in [-0.05, 0) is 37.2 Å². The van der Waals surface area contributed by atoms with Gasteiger partial charge < -0.3 is 24.4 Å². The molecule has 2 amide bonds. The van der Waals surface area contributed by atoms with Gasteiger partial charge in [0.05, 0.1) is 26.4 Å². The van der Waals surface area contributed by atoms with Gasteiger partial charge in [0, 0.05) is 13.0 Å². The Labute approximate surface area is 188 Å². The zero-order valence-corrected chi connectivity index (χ0v) is 18.5. The van der Waals surface area contributed by atoms with Crippen LogP contribution in [-0.4, -0.2) is 67.9 Å². The molecule has 0 spiro atoms. The molecule has 1 aromatic rings. The lowest BCUT2D eigenvalue weighted by atomic mass is 10.0. The number of nitrogens with one attached hydrogen (secondary N) is 1. The number of rotatable bonds is 11. The van der Waals surface area contributed by atoms with Gasteiger partial charge >= 0.3 is 12.1 Å². The monoisotopic (exact) mass is 444 g/mol. The van der Waals surface area contributed by atoms with Crippen LogP contribution in [0, 0.1) is 5.92 Å². The van der Waals surface area contributed by atoms with Gasteiger partial charge in [0.1, 0.15) is 12.1 Å². The predicted molar refractivity (Wildman–Crippen MR) is 118 cm³/mol. The van der Waals surface area contributed by atoms with Crippen LogP contribution in [0.15, 0.2) is 43.0 Å². The number of carbonyl (C=O) groups excluding carboxylic acids is 3. The number of alkyl carbamates (subject to hydrolysis) is 1. The van der Waals surface area contributed by atoms with Gasteiger partial charge in [-0.25, -0.2) is 9.59 Å². The zero-order chi connectivity index (χ0) is 22.9. The highest BCUT2D eigenvalue weighted by Crippen LogP contribution is 2.29. The van der Waals surface area contributed by atoms with Crippen molar-refractivity contribution in [2.45, 2.75) is 50.3 Å². The minimum atomic E-state index is -0.827. The number of ether oxygens (including phenoxy) is 3. The molecule has 0 aromatic heterocycles. The molecular formula is C24H32N2O6. The summed E-state index contributed by atoms with van der Waals surface area (Å²) in [5.74, 6) is -0.421. The average Bonchev–Trinajstić information content (AvgIpc) is 3.55. The van der Waals surface area contributed by atoms with Gasteiger partial charge in [-0.3, -0.25) is 4.79 Å². The largest absolute Gasteiger partial charge is 0.467 e. The number of likely N-dealkylation sites (tertiary alicyclic amines) is 1. The van der Waals surface area contributed by atoms with Gasteiger partial charge in [-0.2, -0.15) is 0 Å². The third-order valence-electron chi connectivity index (χ3n) is 5.77. The first-order valence-electron chi connectivity index (χ1n) is 11.1. The third kappa shape index (κ3) is 6.82. The summed E-state index contributed by atoms with van der Waals surface area (Å²) in [5, 5.41) is 2.72. The lowest BCUT2D eigenvalue weighted by Gasteiger charge is -2.27. The Morgan fingerprint density at radius 2 is 2.00 bits per heavy atom. The summed E-state index contributed by atoms with van der Waals surface area (Å²) < 4.78 is 15.9. The van der Waals surface area contributed by atoms with E-state index in [2.05, 4.69) is 11.9 Å². The summed E-state index contributed by atoms with van der Waals surface area (Å²) in [6.45, 7) is 4.56. The quantitative estimate of drug-likeness (QED) is 0.416. The van der Waals surface area contributed by atoms with Crippen LogP contribution in [0.5, 0.6) is 0 Å². The van der Waals surface area contributed by atoms with Gasteiger partial charge in [0.25, 0.3) is 0 Å². The molecular weight excluding hydrogens is 412 g/mol. The molecule has 1 N–H and O–H groups in total. The van der Waals surface area contributed by atoms with Crippen molar-refractivity contribution in [1.29, 1.82) is 0 Å². The van der Waals surface area contributed by atoms with E-state index in [4.69, 9.17) is 14.2 Å². The summed E-state index contributed by atoms with van der Waals surface area (Å²) >= 11 is 0. The first-order valence-corrected chi connectivity index (χ1v) is 11.1. The first-order chi connectivity index (χ1) is 15.5. The fourth-order valence-corrected chi connectivity index (χ4v) is 3.80. The van der Waals surface area contributed by atoms with Gasteiger partial charge in [0.15, 0.2) is 0 Å². The number of methoxy groups -OCH3 is 1. The highest BCUT2D eigenvalue weighted by Gasteiger charge is 2.43. The molecule has 1 aliphatic carbocycles. The van der Waals surface area contributed by atoms with Crippen molar-refractivity contribution < 1.29 is 28.6 Å². The second-order valence-electron chi connectivity index (χ2n) is 8.27. The molecule has 1 saturated heterocycles. The van der Waals surface area contributed by atoms with Crippen molar-refractivity contribution in [2.24, 2.45) is 5.92 Å². The minimum absolute atomic E-state index is 0.243. The van der Waals surface area contributed by atoms with Crippen molar-refractivity contribution in [2.75, 3.05) is 26.9 Å². The molecule has 0 bridgehead atoms. The normalized spacial score (nSPS) is 21.0. The maximum absolute atomic E-state index is 13.5. The Kier molecular flexibility index (Phi) is 8.67. The van der Waals surface area contributed by atoms with Crippen molar-refractivity contribution in [3.63, 3.8) is 0 Å². The maximum atomic E-state index is 13.5. The van der Waals surface area contributed by atoms with Crippen LogP contribution in [0.3, 0.4) is 0 Å². The van der Waals surface area contributed by atoms with Crippen LogP contribution in [0.4, 0.5) is 4.79 Å². The second-order valence-corrected chi connectivity index (χ2v) is 8.27. The van der Waals surface area contributed by atoms with Crippen LogP contribution in [-0.2, 0) is 30.2 Å². The fourth-order valence-electron chi connectivity index (χ4n) is 3.80. The van der Waals surface area contributed by atoms with E-state index in [1.807, 2.05) is 30.3 Å². The number of benzene rings is 1. The van der Waals surface area contributed by atoms with E-state index in [1.54, 1.807) is 6.08 Å². The minimum Gasteiger partial charge on any atom is -0.467 e. The Balaban J connectivity index is 1.70. The lowest BCUT2D eigenvalue weighted by Crippen LogP contribution is -2.52. The van der Waals surface area contributed by atoms with Crippen molar-refractivity contribution in [3.05, 3.63) is 48.6 Å². The van der Waals surface area contributed by atoms with E-state index in [0.29, 0.717) is 38.4 Å². The first kappa shape index (κ1) is 23.8. The fraction of sp³-hybridized carbons (Fsp3) is 0.542. The molecule has 8 heteroatoms. The second kappa shape index (κ2) is 11.7. The molecule has 2 fully saturated rings. The van der Waals surface area contributed by atoms with Crippen LogP contribution < -0.4 is 5.32 Å². The Hall–Kier alpha value is -2.87. The third-order valence-corrected chi connectivity index (χ3v) is 5.77. The summed E-state index contributed by atoms with van der Waals surface area (Å²) in [5.41, 5.74) is 1.05. The number of nitrogens with zero attached hydrogens (tertiary/aromatic N) is 1. The molecule has 1 heterocycles. The van der Waals surface area contributed by atoms with Crippen molar-refractivity contribution >= 4 is 18.0 Å². The molecule has 1 aliphatic heterocycles. The molecule has 2 aliphatic rings. The van der Waals surface area contributed by atoms with Crippen molar-refractivity contribution in [1.82, 2.24) is 10.2 Å². The van der Waals surface area contributed by atoms with Crippen molar-refractivity contribution in [3.8, 4) is 0 Å². The van der Waals surface area contributed by atoms with Crippen LogP contribution in [0.2, 0.25) is 0 Å². The van der Waals surface area contributed by atoms with Crippen LogP contribution >= 0.6 is 0 Å².